The summed E-state index contributed by atoms with van der Waals surface area (Å²) in [5.74, 6) is -0.355. The SMILES string of the molecule is C=CC(=O)OCCC[SH+]CC(=O)O.[Cl-]. The summed E-state index contributed by atoms with van der Waals surface area (Å²) in [6.07, 6.45) is 1.80. The molecule has 4 nitrogen and oxygen atoms in total. The second kappa shape index (κ2) is 10.4. The highest BCUT2D eigenvalue weighted by Gasteiger charge is 2.04. The molecule has 0 bridgehead atoms. The van der Waals surface area contributed by atoms with Crippen molar-refractivity contribution in [1.82, 2.24) is 0 Å². The zero-order valence-corrected chi connectivity index (χ0v) is 9.26. The maximum absolute atomic E-state index is 10.5. The molecule has 0 saturated carbocycles. The van der Waals surface area contributed by atoms with Crippen LogP contribution in [0.3, 0.4) is 0 Å². The van der Waals surface area contributed by atoms with Gasteiger partial charge in [-0.25, -0.2) is 9.59 Å². The van der Waals surface area contributed by atoms with Crippen LogP contribution in [0.4, 0.5) is 0 Å². The Labute approximate surface area is 93.1 Å². The molecule has 0 aliphatic heterocycles. The molecular weight excluding hydrogens is 228 g/mol. The van der Waals surface area contributed by atoms with E-state index in [9.17, 15) is 9.59 Å². The third kappa shape index (κ3) is 11.3. The van der Waals surface area contributed by atoms with E-state index in [2.05, 4.69) is 11.3 Å². The van der Waals surface area contributed by atoms with Gasteiger partial charge in [-0.2, -0.15) is 0 Å². The monoisotopic (exact) mass is 240 g/mol. The number of thiol groups is 1. The zero-order valence-electron chi connectivity index (χ0n) is 7.61. The molecule has 0 aromatic heterocycles. The lowest BCUT2D eigenvalue weighted by Crippen LogP contribution is -3.00. The Hall–Kier alpha value is -0.680. The summed E-state index contributed by atoms with van der Waals surface area (Å²) in [6.45, 7) is 3.58. The lowest BCUT2D eigenvalue weighted by molar-refractivity contribution is -0.138. The van der Waals surface area contributed by atoms with Crippen molar-refractivity contribution in [2.24, 2.45) is 0 Å². The van der Waals surface area contributed by atoms with Crippen molar-refractivity contribution in [2.75, 3.05) is 18.1 Å². The van der Waals surface area contributed by atoms with E-state index in [-0.39, 0.29) is 18.2 Å². The predicted molar refractivity (Wildman–Crippen MR) is 51.9 cm³/mol. The molecule has 0 spiro atoms. The molecule has 0 aromatic rings. The Bertz CT molecular complexity index is 196. The van der Waals surface area contributed by atoms with Crippen molar-refractivity contribution in [1.29, 1.82) is 0 Å². The Morgan fingerprint density at radius 2 is 2.14 bits per heavy atom. The first-order valence-corrected chi connectivity index (χ1v) is 5.07. The number of carboxylic acids is 1. The van der Waals surface area contributed by atoms with Gasteiger partial charge in [-0.3, -0.25) is 0 Å². The molecule has 0 unspecified atom stereocenters. The van der Waals surface area contributed by atoms with Gasteiger partial charge in [0.2, 0.25) is 5.75 Å². The van der Waals surface area contributed by atoms with Crippen molar-refractivity contribution in [2.45, 2.75) is 6.42 Å². The van der Waals surface area contributed by atoms with E-state index in [0.717, 1.165) is 23.6 Å². The van der Waals surface area contributed by atoms with Crippen molar-refractivity contribution < 1.29 is 31.8 Å². The Morgan fingerprint density at radius 3 is 2.64 bits per heavy atom. The molecule has 0 amide bonds. The number of halogens is 1. The van der Waals surface area contributed by atoms with Gasteiger partial charge in [0.05, 0.1) is 6.61 Å². The molecule has 0 aromatic carbocycles. The standard InChI is InChI=1S/C8H12O4S.ClH/c1-2-8(11)12-4-3-5-13-6-7(9)10;/h2H,1,3-6H2,(H,9,10);1H. The third-order valence-electron chi connectivity index (χ3n) is 1.12. The van der Waals surface area contributed by atoms with Gasteiger partial charge in [0.15, 0.2) is 0 Å². The predicted octanol–water partition coefficient (Wildman–Crippen LogP) is -2.99. The number of hydrogen-bond donors (Lipinski definition) is 1. The fourth-order valence-corrected chi connectivity index (χ4v) is 1.28. The minimum Gasteiger partial charge on any atom is -1.00 e. The molecule has 0 fully saturated rings. The Kier molecular flexibility index (Phi) is 11.7. The van der Waals surface area contributed by atoms with E-state index in [1.807, 2.05) is 0 Å². The summed E-state index contributed by atoms with van der Waals surface area (Å²) in [7, 11) is 0. The van der Waals surface area contributed by atoms with E-state index >= 15 is 0 Å². The van der Waals surface area contributed by atoms with Gasteiger partial charge in [0.1, 0.15) is 5.75 Å². The minimum atomic E-state index is -0.801. The number of aliphatic carboxylic acids is 1. The molecule has 6 heteroatoms. The quantitative estimate of drug-likeness (QED) is 0.170. The number of ether oxygens (including phenoxy) is 1. The van der Waals surface area contributed by atoms with Crippen LogP contribution in [-0.4, -0.2) is 35.2 Å². The first-order chi connectivity index (χ1) is 6.16. The van der Waals surface area contributed by atoms with Gasteiger partial charge >= 0.3 is 11.9 Å². The van der Waals surface area contributed by atoms with Gasteiger partial charge in [-0.1, -0.05) is 6.58 Å². The van der Waals surface area contributed by atoms with Crippen LogP contribution < -0.4 is 12.4 Å². The highest BCUT2D eigenvalue weighted by Crippen LogP contribution is 1.87. The Balaban J connectivity index is 0. The number of esters is 1. The number of carboxylic acid groups (broad SMARTS) is 1. The lowest BCUT2D eigenvalue weighted by Gasteiger charge is -1.97. The average molecular weight is 241 g/mol. The van der Waals surface area contributed by atoms with Crippen molar-refractivity contribution >= 4 is 23.7 Å². The van der Waals surface area contributed by atoms with Crippen LogP contribution in [0.15, 0.2) is 12.7 Å². The van der Waals surface area contributed by atoms with Crippen LogP contribution in [0.2, 0.25) is 0 Å². The zero-order chi connectivity index (χ0) is 10.1. The van der Waals surface area contributed by atoms with Crippen LogP contribution in [0.5, 0.6) is 0 Å². The van der Waals surface area contributed by atoms with Gasteiger partial charge in [0, 0.05) is 12.5 Å². The summed E-state index contributed by atoms with van der Waals surface area (Å²) in [5.41, 5.74) is 0. The molecule has 14 heavy (non-hydrogen) atoms. The van der Waals surface area contributed by atoms with Crippen molar-refractivity contribution in [3.05, 3.63) is 12.7 Å². The number of carbonyl (C=O) groups is 2. The molecule has 82 valence electrons. The topological polar surface area (TPSA) is 63.6 Å². The molecule has 0 aliphatic rings. The maximum Gasteiger partial charge on any atom is 0.353 e. The summed E-state index contributed by atoms with van der Waals surface area (Å²) in [4.78, 5) is 20.6. The summed E-state index contributed by atoms with van der Waals surface area (Å²) in [5, 5.41) is 8.29. The molecule has 0 aliphatic carbocycles. The van der Waals surface area contributed by atoms with Crippen LogP contribution in [0, 0.1) is 0 Å². The van der Waals surface area contributed by atoms with Crippen molar-refractivity contribution in [3.8, 4) is 0 Å². The molecule has 0 saturated heterocycles. The van der Waals surface area contributed by atoms with E-state index < -0.39 is 11.9 Å². The fraction of sp³-hybridized carbons (Fsp3) is 0.500. The molecule has 1 N–H and O–H groups in total. The van der Waals surface area contributed by atoms with Crippen LogP contribution >= 0.6 is 0 Å². The number of rotatable bonds is 7. The van der Waals surface area contributed by atoms with Crippen molar-refractivity contribution in [3.63, 3.8) is 0 Å². The highest BCUT2D eigenvalue weighted by molar-refractivity contribution is 7.79. The second-order valence-electron chi connectivity index (χ2n) is 2.22. The van der Waals surface area contributed by atoms with Crippen LogP contribution in [-0.2, 0) is 26.1 Å². The minimum absolute atomic E-state index is 0. The molecule has 0 heterocycles. The fourth-order valence-electron chi connectivity index (χ4n) is 0.583. The maximum atomic E-state index is 10.5. The second-order valence-corrected chi connectivity index (χ2v) is 3.43. The largest absolute Gasteiger partial charge is 1.00 e. The molecular formula is C8H13ClO4S. The lowest BCUT2D eigenvalue weighted by atomic mass is 10.5. The van der Waals surface area contributed by atoms with E-state index in [1.165, 1.54) is 0 Å². The van der Waals surface area contributed by atoms with Gasteiger partial charge in [0.25, 0.3) is 0 Å². The Morgan fingerprint density at radius 1 is 1.50 bits per heavy atom. The summed E-state index contributed by atoms with van der Waals surface area (Å²) < 4.78 is 4.69. The number of carbonyl (C=O) groups excluding carboxylic acids is 1. The van der Waals surface area contributed by atoms with Gasteiger partial charge in [-0.15, -0.1) is 0 Å². The first-order valence-electron chi connectivity index (χ1n) is 3.81. The average Bonchev–Trinajstić information content (AvgIpc) is 2.10. The van der Waals surface area contributed by atoms with E-state index in [0.29, 0.717) is 13.0 Å². The molecule has 0 rings (SSSR count). The number of hydrogen-bond acceptors (Lipinski definition) is 3. The van der Waals surface area contributed by atoms with Crippen LogP contribution in [0.25, 0.3) is 0 Å². The molecule has 0 radical (unpaired) electrons. The summed E-state index contributed by atoms with van der Waals surface area (Å²) >= 11 is 0.852. The smallest absolute Gasteiger partial charge is 0.353 e. The van der Waals surface area contributed by atoms with E-state index in [4.69, 9.17) is 5.11 Å². The van der Waals surface area contributed by atoms with E-state index in [1.54, 1.807) is 0 Å². The summed E-state index contributed by atoms with van der Waals surface area (Å²) in [6, 6.07) is 0. The van der Waals surface area contributed by atoms with Gasteiger partial charge in [-0.05, 0) is 11.8 Å². The van der Waals surface area contributed by atoms with Gasteiger partial charge < -0.3 is 22.3 Å². The highest BCUT2D eigenvalue weighted by atomic mass is 35.5. The first kappa shape index (κ1) is 15.8. The normalized spacial score (nSPS) is 8.57. The van der Waals surface area contributed by atoms with Crippen LogP contribution in [0.1, 0.15) is 6.42 Å². The third-order valence-corrected chi connectivity index (χ3v) is 2.25. The molecule has 0 atom stereocenters.